The van der Waals surface area contributed by atoms with Crippen molar-refractivity contribution in [2.75, 3.05) is 12.8 Å². The first-order valence-corrected chi connectivity index (χ1v) is 10.2. The summed E-state index contributed by atoms with van der Waals surface area (Å²) in [6, 6.07) is 5.78. The van der Waals surface area contributed by atoms with Gasteiger partial charge in [-0.15, -0.1) is 0 Å². The second-order valence-corrected chi connectivity index (χ2v) is 7.62. The number of rotatable bonds is 3. The number of aliphatic imine (C=N–C) groups is 1. The van der Waals surface area contributed by atoms with Gasteiger partial charge >= 0.3 is 0 Å². The summed E-state index contributed by atoms with van der Waals surface area (Å²) in [5.41, 5.74) is 15.3. The van der Waals surface area contributed by atoms with Crippen molar-refractivity contribution in [3.8, 4) is 16.9 Å². The minimum atomic E-state index is -2.63. The summed E-state index contributed by atoms with van der Waals surface area (Å²) < 4.78 is 52.1. The van der Waals surface area contributed by atoms with Gasteiger partial charge in [-0.2, -0.15) is 0 Å². The van der Waals surface area contributed by atoms with Crippen LogP contribution in [0.5, 0.6) is 5.75 Å². The molecule has 172 valence electrons. The number of nitrogens with zero attached hydrogens (tertiary/aromatic N) is 3. The average Bonchev–Trinajstić information content (AvgIpc) is 3.15. The molecule has 33 heavy (non-hydrogen) atoms. The van der Waals surface area contributed by atoms with Crippen LogP contribution in [0.1, 0.15) is 35.6 Å². The summed E-state index contributed by atoms with van der Waals surface area (Å²) in [4.78, 5) is 8.24. The average molecular weight is 457 g/mol. The summed E-state index contributed by atoms with van der Waals surface area (Å²) in [7, 11) is 1.58. The van der Waals surface area contributed by atoms with Crippen molar-refractivity contribution in [2.45, 2.75) is 32.3 Å². The van der Waals surface area contributed by atoms with E-state index in [0.29, 0.717) is 39.3 Å². The van der Waals surface area contributed by atoms with E-state index in [9.17, 15) is 13.2 Å². The van der Waals surface area contributed by atoms with Crippen LogP contribution in [0.2, 0.25) is 0 Å². The van der Waals surface area contributed by atoms with Crippen molar-refractivity contribution in [2.24, 2.45) is 10.7 Å². The number of pyridine rings is 1. The Morgan fingerprint density at radius 1 is 1.27 bits per heavy atom. The fraction of sp³-hybridized carbons (Fsp3) is 0.261. The quantitative estimate of drug-likeness (QED) is 0.566. The van der Waals surface area contributed by atoms with E-state index in [1.165, 1.54) is 18.3 Å². The number of ether oxygens (including phenoxy) is 1. The summed E-state index contributed by atoms with van der Waals surface area (Å²) >= 11 is 0. The lowest BCUT2D eigenvalue weighted by molar-refractivity contribution is 0.146. The molecule has 1 aliphatic heterocycles. The fourth-order valence-corrected chi connectivity index (χ4v) is 3.86. The first-order valence-electron chi connectivity index (χ1n) is 10.2. The third-order valence-corrected chi connectivity index (χ3v) is 5.38. The summed E-state index contributed by atoms with van der Waals surface area (Å²) in [6.45, 7) is 1.73. The number of aromatic nitrogens is 2. The van der Waals surface area contributed by atoms with Crippen LogP contribution < -0.4 is 16.2 Å². The second kappa shape index (κ2) is 8.97. The third-order valence-electron chi connectivity index (χ3n) is 5.38. The molecule has 2 bridgehead atoms. The van der Waals surface area contributed by atoms with Gasteiger partial charge in [-0.1, -0.05) is 5.16 Å². The van der Waals surface area contributed by atoms with Crippen molar-refractivity contribution in [3.63, 3.8) is 0 Å². The van der Waals surface area contributed by atoms with Crippen LogP contribution in [0.15, 0.2) is 45.6 Å². The maximum atomic E-state index is 14.1. The van der Waals surface area contributed by atoms with E-state index >= 15 is 0 Å². The molecule has 4 rings (SSSR count). The molecule has 4 N–H and O–H groups in total. The molecule has 1 aromatic carbocycles. The number of allylic oxidation sites excluding steroid dienone is 1. The topological polar surface area (TPSA) is 113 Å². The number of nitrogen functional groups attached to an aromatic ring is 1. The number of fused-ring (bicyclic) bond motifs is 5. The largest absolute Gasteiger partial charge is 0.482 e. The zero-order valence-corrected chi connectivity index (χ0v) is 18.0. The number of anilines is 1. The fourth-order valence-electron chi connectivity index (χ4n) is 3.86. The van der Waals surface area contributed by atoms with Crippen LogP contribution in [0.25, 0.3) is 16.8 Å². The highest BCUT2D eigenvalue weighted by molar-refractivity contribution is 5.91. The van der Waals surface area contributed by atoms with E-state index in [0.717, 1.165) is 0 Å². The van der Waals surface area contributed by atoms with Crippen LogP contribution in [0, 0.1) is 5.82 Å². The first-order chi connectivity index (χ1) is 15.8. The molecule has 3 heterocycles. The molecule has 0 saturated heterocycles. The molecule has 1 aliphatic rings. The highest BCUT2D eigenvalue weighted by Gasteiger charge is 2.26. The SMILES string of the molecule is CN=CC1=C(N)c2ccc(F)cc2[C@@H](C)Oc2cc(cnc2N)-c2c(CC(F)F)noc2C1. The third kappa shape index (κ3) is 4.41. The molecule has 0 fully saturated rings. The van der Waals surface area contributed by atoms with E-state index in [4.69, 9.17) is 20.7 Å². The van der Waals surface area contributed by atoms with Gasteiger partial charge in [0.05, 0.1) is 17.7 Å². The summed E-state index contributed by atoms with van der Waals surface area (Å²) in [6.07, 6.45) is -0.787. The van der Waals surface area contributed by atoms with E-state index in [1.807, 2.05) is 0 Å². The maximum absolute atomic E-state index is 14.1. The van der Waals surface area contributed by atoms with Crippen molar-refractivity contribution in [1.82, 2.24) is 10.1 Å². The van der Waals surface area contributed by atoms with Crippen molar-refractivity contribution >= 4 is 17.7 Å². The van der Waals surface area contributed by atoms with Gasteiger partial charge in [-0.05, 0) is 31.2 Å². The number of benzene rings is 1. The number of hydrogen-bond donors (Lipinski definition) is 2. The van der Waals surface area contributed by atoms with Gasteiger partial charge in [-0.25, -0.2) is 18.2 Å². The lowest BCUT2D eigenvalue weighted by atomic mass is 9.94. The van der Waals surface area contributed by atoms with E-state index in [1.54, 1.807) is 32.3 Å². The minimum Gasteiger partial charge on any atom is -0.482 e. The van der Waals surface area contributed by atoms with Crippen LogP contribution >= 0.6 is 0 Å². The predicted molar refractivity (Wildman–Crippen MR) is 119 cm³/mol. The van der Waals surface area contributed by atoms with Gasteiger partial charge in [0, 0.05) is 53.8 Å². The molecular formula is C23H22F3N5O2. The molecule has 0 amide bonds. The van der Waals surface area contributed by atoms with Gasteiger partial charge < -0.3 is 20.7 Å². The van der Waals surface area contributed by atoms with Crippen LogP contribution in [0.3, 0.4) is 0 Å². The number of nitrogens with two attached hydrogens (primary N) is 2. The Labute approximate surface area is 188 Å². The van der Waals surface area contributed by atoms with Crippen LogP contribution in [-0.2, 0) is 12.8 Å². The smallest absolute Gasteiger partial charge is 0.244 e. The van der Waals surface area contributed by atoms with Gasteiger partial charge in [-0.3, -0.25) is 4.99 Å². The Hall–Kier alpha value is -3.82. The highest BCUT2D eigenvalue weighted by Crippen LogP contribution is 2.37. The highest BCUT2D eigenvalue weighted by atomic mass is 19.3. The Morgan fingerprint density at radius 3 is 2.79 bits per heavy atom. The standard InChI is InChI=1S/C23H22F3N5O2/c1-11-16-7-14(24)3-4-15(16)22(27)13(9-29-2)6-18-21(17(31-33-18)8-20(25)26)12-5-19(32-11)23(28)30-10-12/h3-5,7,9-11,20H,6,8,27H2,1-2H3,(H2,28,30)/t11-/m1/s1. The van der Waals surface area contributed by atoms with E-state index in [2.05, 4.69) is 15.1 Å². The zero-order valence-electron chi connectivity index (χ0n) is 18.0. The van der Waals surface area contributed by atoms with Gasteiger partial charge in [0.15, 0.2) is 11.6 Å². The molecule has 2 aromatic heterocycles. The van der Waals surface area contributed by atoms with Gasteiger partial charge in [0.25, 0.3) is 0 Å². The molecule has 0 unspecified atom stereocenters. The molecule has 0 aliphatic carbocycles. The molecule has 1 atom stereocenters. The second-order valence-electron chi connectivity index (χ2n) is 7.62. The molecule has 7 nitrogen and oxygen atoms in total. The molecule has 0 saturated carbocycles. The van der Waals surface area contributed by atoms with Crippen molar-refractivity contribution < 1.29 is 22.4 Å². The lowest BCUT2D eigenvalue weighted by Crippen LogP contribution is -2.14. The Morgan fingerprint density at radius 2 is 2.06 bits per heavy atom. The van der Waals surface area contributed by atoms with Crippen LogP contribution in [0.4, 0.5) is 19.0 Å². The Bertz CT molecular complexity index is 1250. The lowest BCUT2D eigenvalue weighted by Gasteiger charge is -2.21. The first kappa shape index (κ1) is 22.4. The molecular weight excluding hydrogens is 435 g/mol. The molecule has 3 aromatic rings. The summed E-state index contributed by atoms with van der Waals surface area (Å²) in [5.74, 6) is 0.155. The van der Waals surface area contributed by atoms with Crippen molar-refractivity contribution in [1.29, 1.82) is 0 Å². The molecule has 0 spiro atoms. The predicted octanol–water partition coefficient (Wildman–Crippen LogP) is 4.33. The normalized spacial score (nSPS) is 16.2. The number of hydrogen-bond acceptors (Lipinski definition) is 7. The Kier molecular flexibility index (Phi) is 6.08. The van der Waals surface area contributed by atoms with E-state index < -0.39 is 24.8 Å². The number of halogens is 3. The monoisotopic (exact) mass is 457 g/mol. The van der Waals surface area contributed by atoms with Gasteiger partial charge in [0.2, 0.25) is 6.43 Å². The zero-order chi connectivity index (χ0) is 23.7. The van der Waals surface area contributed by atoms with Gasteiger partial charge in [0.1, 0.15) is 17.7 Å². The summed E-state index contributed by atoms with van der Waals surface area (Å²) in [5, 5.41) is 3.88. The number of alkyl halides is 2. The Balaban J connectivity index is 2.01. The maximum Gasteiger partial charge on any atom is 0.244 e. The van der Waals surface area contributed by atoms with Crippen LogP contribution in [-0.4, -0.2) is 29.8 Å². The minimum absolute atomic E-state index is 0.0801. The van der Waals surface area contributed by atoms with E-state index in [-0.39, 0.29) is 23.7 Å². The molecule has 10 heteroatoms. The van der Waals surface area contributed by atoms with Crippen molar-refractivity contribution in [3.05, 3.63) is 64.4 Å². The molecule has 0 radical (unpaired) electrons.